The molecule has 0 heterocycles. The third-order valence-corrected chi connectivity index (χ3v) is 0.935. The summed E-state index contributed by atoms with van der Waals surface area (Å²) in [6.45, 7) is 1.80. The maximum absolute atomic E-state index is 10.4. The van der Waals surface area contributed by atoms with Gasteiger partial charge < -0.3 is 4.79 Å². The maximum Gasteiger partial charge on any atom is 0.133 e. The first-order valence-corrected chi connectivity index (χ1v) is 2.76. The highest BCUT2D eigenvalue weighted by Gasteiger charge is 1.93. The zero-order valence-corrected chi connectivity index (χ0v) is 5.02. The number of carbonyl (C=O) groups is 2. The van der Waals surface area contributed by atoms with E-state index >= 15 is 0 Å². The molecule has 0 aliphatic carbocycles. The Balaban J connectivity index is 3.11. The molecule has 8 heavy (non-hydrogen) atoms. The van der Waals surface area contributed by atoms with Gasteiger partial charge in [-0.15, -0.1) is 0 Å². The molecule has 0 aromatic carbocycles. The van der Waals surface area contributed by atoms with Crippen molar-refractivity contribution < 1.29 is 9.59 Å². The van der Waals surface area contributed by atoms with E-state index in [4.69, 9.17) is 0 Å². The lowest BCUT2D eigenvalue weighted by molar-refractivity contribution is -0.120. The number of aldehydes is 1. The molecule has 0 aromatic rings. The molecule has 2 heteroatoms. The fourth-order valence-electron chi connectivity index (χ4n) is 0.397. The molecule has 0 saturated heterocycles. The van der Waals surface area contributed by atoms with Crippen molar-refractivity contribution in [3.63, 3.8) is 0 Å². The highest BCUT2D eigenvalue weighted by atomic mass is 16.1. The Morgan fingerprint density at radius 1 is 1.62 bits per heavy atom. The predicted molar refractivity (Wildman–Crippen MR) is 30.6 cm³/mol. The van der Waals surface area contributed by atoms with Crippen LogP contribution in [0.5, 0.6) is 0 Å². The second kappa shape index (κ2) is 4.50. The van der Waals surface area contributed by atoms with Crippen LogP contribution in [0.2, 0.25) is 0 Å². The SMILES string of the molecule is CCC(=O)CCC=O. The van der Waals surface area contributed by atoms with Gasteiger partial charge >= 0.3 is 0 Å². The van der Waals surface area contributed by atoms with E-state index in [9.17, 15) is 9.59 Å². The minimum absolute atomic E-state index is 0.164. The van der Waals surface area contributed by atoms with Crippen molar-refractivity contribution in [1.29, 1.82) is 0 Å². The second-order valence-electron chi connectivity index (χ2n) is 1.60. The van der Waals surface area contributed by atoms with Crippen LogP contribution in [0.1, 0.15) is 26.2 Å². The number of ketones is 1. The van der Waals surface area contributed by atoms with Gasteiger partial charge in [0.2, 0.25) is 0 Å². The van der Waals surface area contributed by atoms with Crippen molar-refractivity contribution in [3.8, 4) is 0 Å². The van der Waals surface area contributed by atoms with E-state index in [-0.39, 0.29) is 5.78 Å². The van der Waals surface area contributed by atoms with E-state index in [1.807, 2.05) is 0 Å². The summed E-state index contributed by atoms with van der Waals surface area (Å²) < 4.78 is 0. The first kappa shape index (κ1) is 7.34. The van der Waals surface area contributed by atoms with Gasteiger partial charge in [0.25, 0.3) is 0 Å². The summed E-state index contributed by atoms with van der Waals surface area (Å²) in [5.74, 6) is 0.164. The Morgan fingerprint density at radius 2 is 2.25 bits per heavy atom. The third-order valence-electron chi connectivity index (χ3n) is 0.935. The number of rotatable bonds is 4. The normalized spacial score (nSPS) is 8.62. The lowest BCUT2D eigenvalue weighted by Crippen LogP contribution is -1.93. The Labute approximate surface area is 48.9 Å². The molecule has 0 rings (SSSR count). The molecule has 0 aliphatic heterocycles. The molecular formula is C6H10O2. The largest absolute Gasteiger partial charge is 0.303 e. The van der Waals surface area contributed by atoms with Crippen LogP contribution >= 0.6 is 0 Å². The van der Waals surface area contributed by atoms with E-state index in [0.29, 0.717) is 19.3 Å². The van der Waals surface area contributed by atoms with Gasteiger partial charge in [0.05, 0.1) is 0 Å². The molecule has 0 saturated carbocycles. The average molecular weight is 114 g/mol. The quantitative estimate of drug-likeness (QED) is 0.510. The summed E-state index contributed by atoms with van der Waals surface area (Å²) in [7, 11) is 0. The minimum atomic E-state index is 0.164. The van der Waals surface area contributed by atoms with Crippen LogP contribution in [0.25, 0.3) is 0 Å². The summed E-state index contributed by atoms with van der Waals surface area (Å²) >= 11 is 0. The Bertz CT molecular complexity index is 86.5. The molecule has 0 aliphatic rings. The van der Waals surface area contributed by atoms with Crippen LogP contribution in [0.4, 0.5) is 0 Å². The highest BCUT2D eigenvalue weighted by molar-refractivity contribution is 5.79. The molecule has 0 N–H and O–H groups in total. The summed E-state index contributed by atoms with van der Waals surface area (Å²) in [4.78, 5) is 20.1. The fourth-order valence-corrected chi connectivity index (χ4v) is 0.397. The molecule has 46 valence electrons. The van der Waals surface area contributed by atoms with Crippen molar-refractivity contribution in [3.05, 3.63) is 0 Å². The van der Waals surface area contributed by atoms with E-state index in [0.717, 1.165) is 6.29 Å². The van der Waals surface area contributed by atoms with Crippen LogP contribution < -0.4 is 0 Å². The minimum Gasteiger partial charge on any atom is -0.303 e. The first-order chi connectivity index (χ1) is 3.81. The fraction of sp³-hybridized carbons (Fsp3) is 0.667. The summed E-state index contributed by atoms with van der Waals surface area (Å²) in [6.07, 6.45) is 2.12. The zero-order chi connectivity index (χ0) is 6.41. The van der Waals surface area contributed by atoms with Crippen molar-refractivity contribution >= 4 is 12.1 Å². The number of hydrogen-bond acceptors (Lipinski definition) is 2. The molecule has 0 fully saturated rings. The van der Waals surface area contributed by atoms with Crippen LogP contribution in [-0.2, 0) is 9.59 Å². The van der Waals surface area contributed by atoms with Crippen molar-refractivity contribution in [2.24, 2.45) is 0 Å². The smallest absolute Gasteiger partial charge is 0.133 e. The maximum atomic E-state index is 10.4. The molecule has 0 aromatic heterocycles. The van der Waals surface area contributed by atoms with Gasteiger partial charge in [0, 0.05) is 19.3 Å². The van der Waals surface area contributed by atoms with Crippen LogP contribution in [0.15, 0.2) is 0 Å². The molecule has 2 nitrogen and oxygen atoms in total. The van der Waals surface area contributed by atoms with Crippen LogP contribution in [0, 0.1) is 0 Å². The number of carbonyl (C=O) groups excluding carboxylic acids is 2. The van der Waals surface area contributed by atoms with E-state index in [2.05, 4.69) is 0 Å². The molecule has 0 unspecified atom stereocenters. The molecule has 0 atom stereocenters. The van der Waals surface area contributed by atoms with Gasteiger partial charge in [-0.05, 0) is 0 Å². The zero-order valence-electron chi connectivity index (χ0n) is 5.02. The van der Waals surface area contributed by atoms with E-state index in [1.54, 1.807) is 6.92 Å². The highest BCUT2D eigenvalue weighted by Crippen LogP contribution is 1.89. The topological polar surface area (TPSA) is 34.1 Å². The second-order valence-corrected chi connectivity index (χ2v) is 1.60. The molecule has 0 radical (unpaired) electrons. The Kier molecular flexibility index (Phi) is 4.13. The molecule has 0 bridgehead atoms. The van der Waals surface area contributed by atoms with Gasteiger partial charge in [-0.3, -0.25) is 4.79 Å². The lowest BCUT2D eigenvalue weighted by atomic mass is 10.2. The van der Waals surface area contributed by atoms with Gasteiger partial charge in [-0.1, -0.05) is 6.92 Å². The summed E-state index contributed by atoms with van der Waals surface area (Å²) in [5, 5.41) is 0. The summed E-state index contributed by atoms with van der Waals surface area (Å²) in [6, 6.07) is 0. The van der Waals surface area contributed by atoms with E-state index < -0.39 is 0 Å². The van der Waals surface area contributed by atoms with Crippen molar-refractivity contribution in [2.75, 3.05) is 0 Å². The molecule has 0 amide bonds. The monoisotopic (exact) mass is 114 g/mol. The van der Waals surface area contributed by atoms with Gasteiger partial charge in [-0.2, -0.15) is 0 Å². The van der Waals surface area contributed by atoms with Gasteiger partial charge in [0.15, 0.2) is 0 Å². The average Bonchev–Trinajstić information content (AvgIpc) is 1.83. The standard InChI is InChI=1S/C6H10O2/c1-2-6(8)4-3-5-7/h5H,2-4H2,1H3. The van der Waals surface area contributed by atoms with Gasteiger partial charge in [-0.25, -0.2) is 0 Å². The molecule has 0 spiro atoms. The van der Waals surface area contributed by atoms with Crippen molar-refractivity contribution in [1.82, 2.24) is 0 Å². The van der Waals surface area contributed by atoms with Crippen molar-refractivity contribution in [2.45, 2.75) is 26.2 Å². The summed E-state index contributed by atoms with van der Waals surface area (Å²) in [5.41, 5.74) is 0. The Morgan fingerprint density at radius 3 is 2.62 bits per heavy atom. The first-order valence-electron chi connectivity index (χ1n) is 2.76. The lowest BCUT2D eigenvalue weighted by Gasteiger charge is -1.86. The molecular weight excluding hydrogens is 104 g/mol. The number of Topliss-reactive ketones (excluding diaryl/α,β-unsaturated/α-hetero) is 1. The number of hydrogen-bond donors (Lipinski definition) is 0. The van der Waals surface area contributed by atoms with Crippen LogP contribution in [0.3, 0.4) is 0 Å². The van der Waals surface area contributed by atoms with Crippen LogP contribution in [-0.4, -0.2) is 12.1 Å². The third kappa shape index (κ3) is 3.53. The van der Waals surface area contributed by atoms with E-state index in [1.165, 1.54) is 0 Å². The predicted octanol–water partition coefficient (Wildman–Crippen LogP) is 0.945. The van der Waals surface area contributed by atoms with Gasteiger partial charge in [0.1, 0.15) is 12.1 Å². The Hall–Kier alpha value is -0.660.